The second kappa shape index (κ2) is 12.4. The first-order valence-corrected chi connectivity index (χ1v) is 9.55. The molecule has 2 amide bonds. The van der Waals surface area contributed by atoms with Crippen LogP contribution in [0, 0.1) is 10.1 Å². The average molecular weight is 459 g/mol. The van der Waals surface area contributed by atoms with Gasteiger partial charge in [0, 0.05) is 12.1 Å². The van der Waals surface area contributed by atoms with E-state index in [1.54, 1.807) is 24.3 Å². The Bertz CT molecular complexity index is 994. The van der Waals surface area contributed by atoms with Gasteiger partial charge in [0.05, 0.1) is 18.5 Å². The summed E-state index contributed by atoms with van der Waals surface area (Å²) in [6.45, 7) is -0.531. The third kappa shape index (κ3) is 8.65. The Morgan fingerprint density at radius 2 is 1.70 bits per heavy atom. The topological polar surface area (TPSA) is 163 Å². The molecule has 2 aromatic rings. The van der Waals surface area contributed by atoms with Gasteiger partial charge in [-0.1, -0.05) is 30.3 Å². The van der Waals surface area contributed by atoms with Crippen LogP contribution in [0.5, 0.6) is 5.75 Å². The molecule has 0 aliphatic heterocycles. The van der Waals surface area contributed by atoms with Gasteiger partial charge in [-0.05, 0) is 17.7 Å². The maximum absolute atomic E-state index is 12.4. The van der Waals surface area contributed by atoms with Crippen LogP contribution in [-0.4, -0.2) is 48.6 Å². The lowest BCUT2D eigenvalue weighted by Crippen LogP contribution is -2.48. The van der Waals surface area contributed by atoms with E-state index in [1.807, 2.05) is 6.07 Å². The second-order valence-electron chi connectivity index (χ2n) is 6.49. The Kier molecular flexibility index (Phi) is 9.31. The Labute approximate surface area is 188 Å². The summed E-state index contributed by atoms with van der Waals surface area (Å²) in [7, 11) is 1.10. The molecule has 33 heavy (non-hydrogen) atoms. The highest BCUT2D eigenvalue weighted by atomic mass is 16.6. The normalized spacial score (nSPS) is 10.9. The number of ether oxygens (including phenoxy) is 3. The number of benzene rings is 2. The minimum absolute atomic E-state index is 0.000815. The first kappa shape index (κ1) is 24.8. The second-order valence-corrected chi connectivity index (χ2v) is 6.49. The van der Waals surface area contributed by atoms with Crippen LogP contribution >= 0.6 is 0 Å². The molecule has 12 nitrogen and oxygen atoms in total. The first-order chi connectivity index (χ1) is 15.8. The molecule has 0 fully saturated rings. The maximum atomic E-state index is 12.4. The molecule has 1 unspecified atom stereocenters. The van der Waals surface area contributed by atoms with Gasteiger partial charge in [0.15, 0.2) is 0 Å². The van der Waals surface area contributed by atoms with Gasteiger partial charge in [-0.25, -0.2) is 9.59 Å². The number of esters is 2. The largest absolute Gasteiger partial charge is 0.469 e. The molecule has 0 spiro atoms. The number of nitrogens with one attached hydrogen (secondary N) is 2. The number of carbonyl (C=O) groups excluding carboxylic acids is 4. The van der Waals surface area contributed by atoms with Gasteiger partial charge in [0.1, 0.15) is 24.9 Å². The third-order valence-electron chi connectivity index (χ3n) is 4.09. The number of non-ortho nitro benzene ring substituents is 1. The predicted molar refractivity (Wildman–Crippen MR) is 112 cm³/mol. The lowest BCUT2D eigenvalue weighted by atomic mass is 10.2. The molecule has 0 bridgehead atoms. The molecule has 2 rings (SSSR count). The van der Waals surface area contributed by atoms with Crippen LogP contribution in [0.1, 0.15) is 12.0 Å². The van der Waals surface area contributed by atoms with Crippen LogP contribution in [0.2, 0.25) is 0 Å². The first-order valence-electron chi connectivity index (χ1n) is 9.55. The van der Waals surface area contributed by atoms with E-state index < -0.39 is 47.9 Å². The van der Waals surface area contributed by atoms with E-state index in [2.05, 4.69) is 15.4 Å². The highest BCUT2D eigenvalue weighted by Gasteiger charge is 2.26. The van der Waals surface area contributed by atoms with Crippen molar-refractivity contribution in [1.29, 1.82) is 0 Å². The van der Waals surface area contributed by atoms with E-state index in [-0.39, 0.29) is 18.0 Å². The van der Waals surface area contributed by atoms with Crippen molar-refractivity contribution in [2.75, 3.05) is 13.7 Å². The summed E-state index contributed by atoms with van der Waals surface area (Å²) in [4.78, 5) is 58.0. The zero-order valence-electron chi connectivity index (χ0n) is 17.5. The van der Waals surface area contributed by atoms with Crippen LogP contribution in [0.4, 0.5) is 10.5 Å². The highest BCUT2D eigenvalue weighted by Crippen LogP contribution is 2.18. The van der Waals surface area contributed by atoms with Gasteiger partial charge >= 0.3 is 18.0 Å². The van der Waals surface area contributed by atoms with Gasteiger partial charge < -0.3 is 24.8 Å². The quantitative estimate of drug-likeness (QED) is 0.232. The molecule has 12 heteroatoms. The van der Waals surface area contributed by atoms with Crippen molar-refractivity contribution in [2.24, 2.45) is 0 Å². The number of amides is 2. The number of rotatable bonds is 10. The third-order valence-corrected chi connectivity index (χ3v) is 4.09. The predicted octanol–water partition coefficient (Wildman–Crippen LogP) is 1.47. The van der Waals surface area contributed by atoms with Gasteiger partial charge in [0.25, 0.3) is 5.69 Å². The molecule has 0 aliphatic carbocycles. The molecule has 0 heterocycles. The monoisotopic (exact) mass is 459 g/mol. The zero-order chi connectivity index (χ0) is 24.2. The fourth-order valence-electron chi connectivity index (χ4n) is 2.44. The Balaban J connectivity index is 1.89. The number of nitro groups is 1. The van der Waals surface area contributed by atoms with E-state index in [9.17, 15) is 29.3 Å². The lowest BCUT2D eigenvalue weighted by Gasteiger charge is -2.17. The van der Waals surface area contributed by atoms with Gasteiger partial charge in [-0.15, -0.1) is 0 Å². The summed E-state index contributed by atoms with van der Waals surface area (Å²) in [5, 5.41) is 15.2. The fraction of sp³-hybridized carbons (Fsp3) is 0.238. The standard InChI is InChI=1S/C21H21N3O9/c1-31-19(26)11-17(20(27)33-16-9-7-15(8-10-16)24(29)30)23-18(25)12-22-21(28)32-13-14-5-3-2-4-6-14/h2-10,17H,11-13H2,1H3,(H,22,28)(H,23,25). The Hall–Kier alpha value is -4.48. The number of carbonyl (C=O) groups is 4. The molecule has 1 atom stereocenters. The van der Waals surface area contributed by atoms with Crippen molar-refractivity contribution in [2.45, 2.75) is 19.1 Å². The molecule has 0 aromatic heterocycles. The van der Waals surface area contributed by atoms with E-state index in [0.717, 1.165) is 24.8 Å². The molecular formula is C21H21N3O9. The van der Waals surface area contributed by atoms with Crippen LogP contribution in [0.3, 0.4) is 0 Å². The summed E-state index contributed by atoms with van der Waals surface area (Å²) in [6, 6.07) is 12.1. The fourth-order valence-corrected chi connectivity index (χ4v) is 2.44. The summed E-state index contributed by atoms with van der Waals surface area (Å²) in [5.74, 6) is -2.62. The number of methoxy groups -OCH3 is 1. The minimum Gasteiger partial charge on any atom is -0.469 e. The highest BCUT2D eigenvalue weighted by molar-refractivity contribution is 5.90. The van der Waals surface area contributed by atoms with Crippen LogP contribution < -0.4 is 15.4 Å². The number of nitro benzene ring substituents is 1. The molecule has 0 saturated carbocycles. The van der Waals surface area contributed by atoms with Crippen molar-refractivity contribution < 1.29 is 38.3 Å². The summed E-state index contributed by atoms with van der Waals surface area (Å²) >= 11 is 0. The van der Waals surface area contributed by atoms with E-state index in [1.165, 1.54) is 12.1 Å². The van der Waals surface area contributed by atoms with Crippen molar-refractivity contribution in [3.05, 3.63) is 70.3 Å². The van der Waals surface area contributed by atoms with Gasteiger partial charge in [0.2, 0.25) is 5.91 Å². The molecule has 2 N–H and O–H groups in total. The van der Waals surface area contributed by atoms with Crippen LogP contribution in [-0.2, 0) is 30.5 Å². The number of hydrogen-bond acceptors (Lipinski definition) is 9. The smallest absolute Gasteiger partial charge is 0.407 e. The van der Waals surface area contributed by atoms with Crippen molar-refractivity contribution in [3.63, 3.8) is 0 Å². The molecule has 0 radical (unpaired) electrons. The van der Waals surface area contributed by atoms with E-state index in [4.69, 9.17) is 9.47 Å². The van der Waals surface area contributed by atoms with Crippen LogP contribution in [0.15, 0.2) is 54.6 Å². The SMILES string of the molecule is COC(=O)CC(NC(=O)CNC(=O)OCc1ccccc1)C(=O)Oc1ccc([N+](=O)[O-])cc1. The summed E-state index contributed by atoms with van der Waals surface area (Å²) < 4.78 is 14.6. The maximum Gasteiger partial charge on any atom is 0.407 e. The number of nitrogens with zero attached hydrogens (tertiary/aromatic N) is 1. The van der Waals surface area contributed by atoms with E-state index in [0.29, 0.717) is 0 Å². The van der Waals surface area contributed by atoms with Crippen molar-refractivity contribution in [1.82, 2.24) is 10.6 Å². The van der Waals surface area contributed by atoms with Crippen molar-refractivity contribution in [3.8, 4) is 5.75 Å². The molecule has 2 aromatic carbocycles. The summed E-state index contributed by atoms with van der Waals surface area (Å²) in [6.07, 6.45) is -1.39. The molecule has 0 saturated heterocycles. The van der Waals surface area contributed by atoms with Crippen molar-refractivity contribution >= 4 is 29.6 Å². The molecule has 0 aliphatic rings. The van der Waals surface area contributed by atoms with E-state index >= 15 is 0 Å². The lowest BCUT2D eigenvalue weighted by molar-refractivity contribution is -0.384. The van der Waals surface area contributed by atoms with Gasteiger partial charge in [-0.2, -0.15) is 0 Å². The molecular weight excluding hydrogens is 438 g/mol. The van der Waals surface area contributed by atoms with Crippen LogP contribution in [0.25, 0.3) is 0 Å². The van der Waals surface area contributed by atoms with Gasteiger partial charge in [-0.3, -0.25) is 19.7 Å². The number of alkyl carbamates (subject to hydrolysis) is 1. The number of hydrogen-bond donors (Lipinski definition) is 2. The summed E-state index contributed by atoms with van der Waals surface area (Å²) in [5.41, 5.74) is 0.545. The molecule has 174 valence electrons. The minimum atomic E-state index is -1.43. The Morgan fingerprint density at radius 1 is 1.03 bits per heavy atom. The average Bonchev–Trinajstić information content (AvgIpc) is 2.81. The zero-order valence-corrected chi connectivity index (χ0v) is 17.5. The Morgan fingerprint density at radius 3 is 2.30 bits per heavy atom.